The van der Waals surface area contributed by atoms with Crippen LogP contribution < -0.4 is 0 Å². The van der Waals surface area contributed by atoms with Crippen LogP contribution >= 0.6 is 0 Å². The zero-order chi connectivity index (χ0) is 32.9. The average Bonchev–Trinajstić information content (AvgIpc) is 3.01. The van der Waals surface area contributed by atoms with Gasteiger partial charge in [0.15, 0.2) is 0 Å². The lowest BCUT2D eigenvalue weighted by Gasteiger charge is -2.29. The maximum absolute atomic E-state index is 11.4. The van der Waals surface area contributed by atoms with Crippen molar-refractivity contribution in [3.63, 3.8) is 0 Å². The predicted molar refractivity (Wildman–Crippen MR) is 187 cm³/mol. The Balaban J connectivity index is 1.39. The lowest BCUT2D eigenvalue weighted by Crippen LogP contribution is -2.35. The van der Waals surface area contributed by atoms with Crippen molar-refractivity contribution < 1.29 is 19.7 Å². The highest BCUT2D eigenvalue weighted by Crippen LogP contribution is 2.36. The monoisotopic (exact) mass is 632 g/mol. The Morgan fingerprint density at radius 1 is 0.652 bits per heavy atom. The summed E-state index contributed by atoms with van der Waals surface area (Å²) in [6.07, 6.45) is 7.88. The molecule has 5 rings (SSSR count). The predicted octanol–water partition coefficient (Wildman–Crippen LogP) is 6.21. The molecule has 1 saturated carbocycles. The molecule has 46 heavy (non-hydrogen) atoms. The summed E-state index contributed by atoms with van der Waals surface area (Å²) in [5.74, 6) is 0.629. The van der Waals surface area contributed by atoms with Gasteiger partial charge in [-0.1, -0.05) is 66.5 Å². The molecule has 3 aliphatic rings. The molecule has 8 heteroatoms. The Hall–Kier alpha value is -2.78. The van der Waals surface area contributed by atoms with Gasteiger partial charge in [0.2, 0.25) is 0 Å². The van der Waals surface area contributed by atoms with E-state index in [4.69, 9.17) is 19.5 Å². The third-order valence-electron chi connectivity index (χ3n) is 9.54. The molecule has 2 N–H and O–H groups in total. The summed E-state index contributed by atoms with van der Waals surface area (Å²) in [4.78, 5) is 15.0. The summed E-state index contributed by atoms with van der Waals surface area (Å²) in [7, 11) is 0. The van der Waals surface area contributed by atoms with Crippen LogP contribution in [0.25, 0.3) is 0 Å². The van der Waals surface area contributed by atoms with E-state index in [2.05, 4.69) is 75.6 Å². The van der Waals surface area contributed by atoms with Crippen molar-refractivity contribution in [2.45, 2.75) is 103 Å². The number of benzene rings is 2. The van der Waals surface area contributed by atoms with Crippen LogP contribution in [0.4, 0.5) is 0 Å². The van der Waals surface area contributed by atoms with Crippen LogP contribution in [-0.2, 0) is 33.4 Å². The molecule has 0 radical (unpaired) electrons. The third-order valence-corrected chi connectivity index (χ3v) is 9.54. The first kappa shape index (κ1) is 34.6. The van der Waals surface area contributed by atoms with E-state index in [-0.39, 0.29) is 22.9 Å². The molecule has 2 atom stereocenters. The Labute approximate surface area is 276 Å². The van der Waals surface area contributed by atoms with E-state index in [0.717, 1.165) is 114 Å². The van der Waals surface area contributed by atoms with E-state index in [9.17, 15) is 10.2 Å². The minimum atomic E-state index is -0.199. The molecule has 1 aliphatic carbocycles. The molecule has 0 aromatic heterocycles. The summed E-state index contributed by atoms with van der Waals surface area (Å²) in [6.45, 7) is 21.2. The molecule has 0 unspecified atom stereocenters. The van der Waals surface area contributed by atoms with Gasteiger partial charge in [-0.2, -0.15) is 0 Å². The lowest BCUT2D eigenvalue weighted by atomic mass is 9.84. The van der Waals surface area contributed by atoms with E-state index in [1.807, 2.05) is 12.4 Å². The second-order valence-electron chi connectivity index (χ2n) is 15.4. The fourth-order valence-electron chi connectivity index (χ4n) is 6.79. The largest absolute Gasteiger partial charge is 0.507 e. The molecule has 3 fully saturated rings. The van der Waals surface area contributed by atoms with Crippen LogP contribution in [0, 0.1) is 0 Å². The van der Waals surface area contributed by atoms with Crippen molar-refractivity contribution in [1.82, 2.24) is 9.80 Å². The smallest absolute Gasteiger partial charge is 0.128 e. The number of phenolic OH excluding ortho intramolecular Hbond substituents is 2. The third kappa shape index (κ3) is 8.97. The van der Waals surface area contributed by atoms with Gasteiger partial charge < -0.3 is 19.7 Å². The summed E-state index contributed by atoms with van der Waals surface area (Å²) in [6, 6.07) is 8.54. The Bertz CT molecular complexity index is 1270. The van der Waals surface area contributed by atoms with E-state index in [0.29, 0.717) is 11.5 Å². The van der Waals surface area contributed by atoms with Crippen LogP contribution in [0.1, 0.15) is 101 Å². The van der Waals surface area contributed by atoms with Gasteiger partial charge in [-0.3, -0.25) is 19.8 Å². The van der Waals surface area contributed by atoms with Crippen molar-refractivity contribution >= 4 is 12.4 Å². The highest BCUT2D eigenvalue weighted by atomic mass is 16.5. The number of rotatable bonds is 8. The van der Waals surface area contributed by atoms with Crippen molar-refractivity contribution in [2.24, 2.45) is 9.98 Å². The van der Waals surface area contributed by atoms with Gasteiger partial charge in [0.1, 0.15) is 11.5 Å². The van der Waals surface area contributed by atoms with Gasteiger partial charge in [-0.05, 0) is 46.9 Å². The second-order valence-corrected chi connectivity index (χ2v) is 15.4. The molecule has 252 valence electrons. The lowest BCUT2D eigenvalue weighted by molar-refractivity contribution is 0.0341. The maximum Gasteiger partial charge on any atom is 0.128 e. The average molecular weight is 633 g/mol. The minimum absolute atomic E-state index is 0.0196. The van der Waals surface area contributed by atoms with Gasteiger partial charge in [0.25, 0.3) is 0 Å². The maximum atomic E-state index is 11.4. The first-order valence-electron chi connectivity index (χ1n) is 17.3. The highest BCUT2D eigenvalue weighted by Gasteiger charge is 2.26. The van der Waals surface area contributed by atoms with Crippen LogP contribution in [0.15, 0.2) is 34.3 Å². The van der Waals surface area contributed by atoms with Gasteiger partial charge >= 0.3 is 0 Å². The van der Waals surface area contributed by atoms with Gasteiger partial charge in [0, 0.05) is 74.0 Å². The normalized spacial score (nSPS) is 22.7. The van der Waals surface area contributed by atoms with Gasteiger partial charge in [0.05, 0.1) is 38.5 Å². The minimum Gasteiger partial charge on any atom is -0.507 e. The molecule has 2 aliphatic heterocycles. The number of aliphatic imine (C=N–C) groups is 2. The number of phenols is 2. The van der Waals surface area contributed by atoms with Crippen LogP contribution in [0.2, 0.25) is 0 Å². The number of nitrogens with zero attached hydrogens (tertiary/aromatic N) is 4. The second kappa shape index (κ2) is 15.0. The quantitative estimate of drug-likeness (QED) is 0.337. The Kier molecular flexibility index (Phi) is 11.2. The fraction of sp³-hybridized carbons (Fsp3) is 0.632. The summed E-state index contributed by atoms with van der Waals surface area (Å²) < 4.78 is 11.1. The molecule has 2 aromatic rings. The molecule has 0 bridgehead atoms. The summed E-state index contributed by atoms with van der Waals surface area (Å²) >= 11 is 0. The number of hydrogen-bond acceptors (Lipinski definition) is 8. The fourth-order valence-corrected chi connectivity index (χ4v) is 6.79. The van der Waals surface area contributed by atoms with Crippen molar-refractivity contribution in [1.29, 1.82) is 0 Å². The first-order chi connectivity index (χ1) is 21.9. The summed E-state index contributed by atoms with van der Waals surface area (Å²) in [5, 5.41) is 22.8. The Morgan fingerprint density at radius 2 is 1.02 bits per heavy atom. The first-order valence-corrected chi connectivity index (χ1v) is 17.3. The Morgan fingerprint density at radius 3 is 1.37 bits per heavy atom. The van der Waals surface area contributed by atoms with Crippen molar-refractivity contribution in [3.05, 3.63) is 57.6 Å². The van der Waals surface area contributed by atoms with Crippen LogP contribution in [0.5, 0.6) is 11.5 Å². The van der Waals surface area contributed by atoms with Crippen LogP contribution in [-0.4, -0.2) is 97.1 Å². The zero-order valence-corrected chi connectivity index (χ0v) is 29.0. The summed E-state index contributed by atoms with van der Waals surface area (Å²) in [5.41, 5.74) is 5.41. The molecular weight excluding hydrogens is 576 g/mol. The van der Waals surface area contributed by atoms with Crippen molar-refractivity contribution in [3.8, 4) is 11.5 Å². The standard InChI is InChI=1S/C38H56N4O4/c1-37(2,3)31-21-27(25-41-11-15-45-16-12-41)19-29(35(31)43)23-39-33-9-7-8-10-34(33)40-24-30-20-28(26-42-13-17-46-18-14-42)22-32(36(30)44)38(4,5)6/h19-24,33-34,43-44H,7-18,25-26H2,1-6H3/t33-,34-/m1/s1. The molecule has 2 aromatic carbocycles. The number of morpholine rings is 2. The molecule has 8 nitrogen and oxygen atoms in total. The molecule has 0 amide bonds. The van der Waals surface area contributed by atoms with Crippen LogP contribution in [0.3, 0.4) is 0 Å². The molecule has 2 saturated heterocycles. The number of aromatic hydroxyl groups is 2. The zero-order valence-electron chi connectivity index (χ0n) is 29.0. The topological polar surface area (TPSA) is 90.1 Å². The molecule has 2 heterocycles. The van der Waals surface area contributed by atoms with Crippen molar-refractivity contribution in [2.75, 3.05) is 52.6 Å². The molecule has 0 spiro atoms. The van der Waals surface area contributed by atoms with E-state index in [1.54, 1.807) is 0 Å². The van der Waals surface area contributed by atoms with E-state index >= 15 is 0 Å². The van der Waals surface area contributed by atoms with Gasteiger partial charge in [-0.15, -0.1) is 0 Å². The molecular formula is C38H56N4O4. The number of ether oxygens (including phenoxy) is 2. The SMILES string of the molecule is CC(C)(C)c1cc(CN2CCOCC2)cc(C=N[C@@H]2CCCC[C@H]2N=Cc2cc(CN3CCOCC3)cc(C(C)(C)C)c2O)c1O. The van der Waals surface area contributed by atoms with Gasteiger partial charge in [-0.25, -0.2) is 0 Å². The highest BCUT2D eigenvalue weighted by molar-refractivity contribution is 5.86. The van der Waals surface area contributed by atoms with E-state index in [1.165, 1.54) is 11.1 Å². The van der Waals surface area contributed by atoms with E-state index < -0.39 is 0 Å². The number of hydrogen-bond donors (Lipinski definition) is 2.